The number of nitrogens with one attached hydrogen (secondary N) is 2. The van der Waals surface area contributed by atoms with Gasteiger partial charge in [0.15, 0.2) is 0 Å². The lowest BCUT2D eigenvalue weighted by Crippen LogP contribution is -2.30. The maximum atomic E-state index is 13.0. The number of carbonyl (C=O) groups excluding carboxylic acids is 2. The van der Waals surface area contributed by atoms with E-state index in [-0.39, 0.29) is 20.8 Å². The Bertz CT molecular complexity index is 841. The minimum atomic E-state index is -4.76. The molecule has 0 fully saturated rings. The second kappa shape index (κ2) is 7.51. The molecular weight excluding hydrogens is 404 g/mol. The van der Waals surface area contributed by atoms with E-state index in [0.717, 1.165) is 12.1 Å². The van der Waals surface area contributed by atoms with Gasteiger partial charge in [-0.15, -0.1) is 0 Å². The molecule has 0 bridgehead atoms. The number of anilines is 2. The molecule has 0 aliphatic rings. The smallest absolute Gasteiger partial charge is 0.318 e. The number of hydrogen-bond donors (Lipinski definition) is 2. The van der Waals surface area contributed by atoms with Crippen molar-refractivity contribution in [2.75, 3.05) is 10.6 Å². The Morgan fingerprint density at radius 1 is 0.840 bits per heavy atom. The maximum absolute atomic E-state index is 13.0. The van der Waals surface area contributed by atoms with E-state index in [1.165, 1.54) is 18.2 Å². The van der Waals surface area contributed by atoms with Crippen LogP contribution in [-0.2, 0) is 15.8 Å². The van der Waals surface area contributed by atoms with Crippen LogP contribution in [-0.4, -0.2) is 11.8 Å². The lowest BCUT2D eigenvalue weighted by molar-refractivity contribution is -0.137. The number of amides is 2. The van der Waals surface area contributed by atoms with Crippen molar-refractivity contribution in [1.29, 1.82) is 0 Å². The summed E-state index contributed by atoms with van der Waals surface area (Å²) in [6.07, 6.45) is -4.76. The molecule has 25 heavy (non-hydrogen) atoms. The average Bonchev–Trinajstić information content (AvgIpc) is 2.51. The Balaban J connectivity index is 2.16. The van der Waals surface area contributed by atoms with Gasteiger partial charge in [0.05, 0.1) is 21.3 Å². The number of halogens is 6. The van der Waals surface area contributed by atoms with E-state index in [1.54, 1.807) is 0 Å². The highest BCUT2D eigenvalue weighted by molar-refractivity contribution is 6.44. The van der Waals surface area contributed by atoms with Crippen LogP contribution in [0.2, 0.25) is 15.1 Å². The van der Waals surface area contributed by atoms with E-state index in [1.807, 2.05) is 5.32 Å². The standard InChI is InChI=1S/C15H8Cl3F3N2O2/c16-7-1-4-12(9(5-7)15(19,20)21)23-14(25)13(24)22-8-2-3-10(17)11(18)6-8/h1-6H,(H,22,24)(H,23,25). The van der Waals surface area contributed by atoms with E-state index in [4.69, 9.17) is 34.8 Å². The zero-order valence-electron chi connectivity index (χ0n) is 12.0. The van der Waals surface area contributed by atoms with Gasteiger partial charge in [-0.05, 0) is 36.4 Å². The minimum absolute atomic E-state index is 0.136. The molecule has 0 spiro atoms. The third-order valence-corrected chi connectivity index (χ3v) is 3.89. The molecule has 0 atom stereocenters. The van der Waals surface area contributed by atoms with Crippen LogP contribution in [0, 0.1) is 0 Å². The highest BCUT2D eigenvalue weighted by Gasteiger charge is 2.34. The quantitative estimate of drug-likeness (QED) is 0.664. The van der Waals surface area contributed by atoms with Gasteiger partial charge in [0.25, 0.3) is 0 Å². The molecule has 2 aromatic carbocycles. The van der Waals surface area contributed by atoms with Crippen LogP contribution in [0.15, 0.2) is 36.4 Å². The highest BCUT2D eigenvalue weighted by atomic mass is 35.5. The zero-order valence-corrected chi connectivity index (χ0v) is 14.3. The van der Waals surface area contributed by atoms with E-state index in [0.29, 0.717) is 6.07 Å². The summed E-state index contributed by atoms with van der Waals surface area (Å²) in [4.78, 5) is 23.7. The van der Waals surface area contributed by atoms with Crippen molar-refractivity contribution >= 4 is 58.0 Å². The van der Waals surface area contributed by atoms with Crippen LogP contribution >= 0.6 is 34.8 Å². The van der Waals surface area contributed by atoms with Gasteiger partial charge < -0.3 is 10.6 Å². The van der Waals surface area contributed by atoms with Gasteiger partial charge >= 0.3 is 18.0 Å². The van der Waals surface area contributed by atoms with Gasteiger partial charge in [0, 0.05) is 10.7 Å². The number of rotatable bonds is 2. The molecule has 132 valence electrons. The molecule has 0 aromatic heterocycles. The number of hydrogen-bond acceptors (Lipinski definition) is 2. The van der Waals surface area contributed by atoms with E-state index < -0.39 is 29.2 Å². The summed E-state index contributed by atoms with van der Waals surface area (Å²) in [5.41, 5.74) is -1.61. The van der Waals surface area contributed by atoms with Crippen molar-refractivity contribution in [3.63, 3.8) is 0 Å². The van der Waals surface area contributed by atoms with Crippen LogP contribution < -0.4 is 10.6 Å². The molecule has 10 heteroatoms. The van der Waals surface area contributed by atoms with Crippen LogP contribution in [0.3, 0.4) is 0 Å². The SMILES string of the molecule is O=C(Nc1ccc(Cl)c(Cl)c1)C(=O)Nc1ccc(Cl)cc1C(F)(F)F. The largest absolute Gasteiger partial charge is 0.418 e. The van der Waals surface area contributed by atoms with Crippen molar-refractivity contribution in [3.8, 4) is 0 Å². The van der Waals surface area contributed by atoms with Gasteiger partial charge in [0.1, 0.15) is 0 Å². The zero-order chi connectivity index (χ0) is 18.8. The molecule has 0 radical (unpaired) electrons. The first-order valence-corrected chi connectivity index (χ1v) is 7.65. The van der Waals surface area contributed by atoms with Crippen molar-refractivity contribution in [2.24, 2.45) is 0 Å². The molecule has 2 amide bonds. The Labute approximate surface area is 154 Å². The van der Waals surface area contributed by atoms with Crippen molar-refractivity contribution in [2.45, 2.75) is 6.18 Å². The summed E-state index contributed by atoms with van der Waals surface area (Å²) in [6, 6.07) is 6.81. The van der Waals surface area contributed by atoms with E-state index in [9.17, 15) is 22.8 Å². The summed E-state index contributed by atoms with van der Waals surface area (Å²) < 4.78 is 38.9. The van der Waals surface area contributed by atoms with Gasteiger partial charge in [-0.1, -0.05) is 34.8 Å². The van der Waals surface area contributed by atoms with Gasteiger partial charge in [-0.25, -0.2) is 0 Å². The summed E-state index contributed by atoms with van der Waals surface area (Å²) in [5.74, 6) is -2.47. The normalized spacial score (nSPS) is 11.1. The van der Waals surface area contributed by atoms with E-state index >= 15 is 0 Å². The molecule has 0 saturated carbocycles. The van der Waals surface area contributed by atoms with Crippen molar-refractivity contribution < 1.29 is 22.8 Å². The molecule has 0 unspecified atom stereocenters. The third kappa shape index (κ3) is 5.01. The van der Waals surface area contributed by atoms with Crippen LogP contribution in [0.25, 0.3) is 0 Å². The summed E-state index contributed by atoms with van der Waals surface area (Å²) >= 11 is 17.0. The molecule has 2 aromatic rings. The summed E-state index contributed by atoms with van der Waals surface area (Å²) in [7, 11) is 0. The lowest BCUT2D eigenvalue weighted by Gasteiger charge is -2.14. The maximum Gasteiger partial charge on any atom is 0.418 e. The summed E-state index contributed by atoms with van der Waals surface area (Å²) in [6.45, 7) is 0. The van der Waals surface area contributed by atoms with Gasteiger partial charge in [-0.2, -0.15) is 13.2 Å². The number of alkyl halides is 3. The molecule has 0 heterocycles. The van der Waals surface area contributed by atoms with Gasteiger partial charge in [0.2, 0.25) is 0 Å². The molecule has 0 aliphatic carbocycles. The molecule has 4 nitrogen and oxygen atoms in total. The predicted octanol–water partition coefficient (Wildman–Crippen LogP) is 5.24. The lowest BCUT2D eigenvalue weighted by atomic mass is 10.1. The first-order valence-electron chi connectivity index (χ1n) is 6.52. The van der Waals surface area contributed by atoms with Gasteiger partial charge in [-0.3, -0.25) is 9.59 Å². The van der Waals surface area contributed by atoms with Crippen LogP contribution in [0.5, 0.6) is 0 Å². The first kappa shape index (κ1) is 19.4. The fourth-order valence-corrected chi connectivity index (χ4v) is 2.27. The Kier molecular flexibility index (Phi) is 5.82. The average molecular weight is 412 g/mol. The Morgan fingerprint density at radius 3 is 2.08 bits per heavy atom. The fourth-order valence-electron chi connectivity index (χ4n) is 1.80. The Hall–Kier alpha value is -1.96. The van der Waals surface area contributed by atoms with Crippen LogP contribution in [0.4, 0.5) is 24.5 Å². The second-order valence-electron chi connectivity index (χ2n) is 4.72. The van der Waals surface area contributed by atoms with E-state index in [2.05, 4.69) is 5.32 Å². The minimum Gasteiger partial charge on any atom is -0.318 e. The molecule has 0 saturated heterocycles. The summed E-state index contributed by atoms with van der Waals surface area (Å²) in [5, 5.41) is 4.31. The predicted molar refractivity (Wildman–Crippen MR) is 90.2 cm³/mol. The second-order valence-corrected chi connectivity index (χ2v) is 5.98. The fraction of sp³-hybridized carbons (Fsp3) is 0.0667. The first-order chi connectivity index (χ1) is 11.6. The topological polar surface area (TPSA) is 58.2 Å². The highest BCUT2D eigenvalue weighted by Crippen LogP contribution is 2.36. The van der Waals surface area contributed by atoms with Crippen LogP contribution in [0.1, 0.15) is 5.56 Å². The number of carbonyl (C=O) groups is 2. The molecular formula is C15H8Cl3F3N2O2. The Morgan fingerprint density at radius 2 is 1.48 bits per heavy atom. The monoisotopic (exact) mass is 410 g/mol. The molecule has 2 N–H and O–H groups in total. The van der Waals surface area contributed by atoms with Crippen molar-refractivity contribution in [3.05, 3.63) is 57.0 Å². The molecule has 2 rings (SSSR count). The van der Waals surface area contributed by atoms with Crippen molar-refractivity contribution in [1.82, 2.24) is 0 Å². The molecule has 0 aliphatic heterocycles. The number of benzene rings is 2. The third-order valence-electron chi connectivity index (χ3n) is 2.92.